The molecule has 1 atom stereocenters. The zero-order chi connectivity index (χ0) is 26.8. The first-order chi connectivity index (χ1) is 17.5. The van der Waals surface area contributed by atoms with E-state index < -0.39 is 48.4 Å². The Labute approximate surface area is 205 Å². The second kappa shape index (κ2) is 10.1. The molecule has 4 aromatic rings. The summed E-state index contributed by atoms with van der Waals surface area (Å²) in [5, 5.41) is 15.4. The zero-order valence-corrected chi connectivity index (χ0v) is 18.8. The van der Waals surface area contributed by atoms with Gasteiger partial charge in [0.1, 0.15) is 29.3 Å². The van der Waals surface area contributed by atoms with E-state index in [1.54, 1.807) is 0 Å². The van der Waals surface area contributed by atoms with Gasteiger partial charge in [0.05, 0.1) is 25.1 Å². The summed E-state index contributed by atoms with van der Waals surface area (Å²) in [6, 6.07) is 7.66. The van der Waals surface area contributed by atoms with E-state index in [4.69, 9.17) is 4.74 Å². The van der Waals surface area contributed by atoms with Crippen LogP contribution in [-0.4, -0.2) is 48.0 Å². The Morgan fingerprint density at radius 2 is 1.76 bits per heavy atom. The number of ether oxygens (including phenoxy) is 1. The van der Waals surface area contributed by atoms with Crippen LogP contribution in [0.2, 0.25) is 0 Å². The number of hydrogen-bond donors (Lipinski definition) is 1. The number of aliphatic hydroxyl groups is 1. The topological polar surface area (TPSA) is 87.1 Å². The maximum atomic E-state index is 14.6. The van der Waals surface area contributed by atoms with Crippen molar-refractivity contribution in [1.82, 2.24) is 23.9 Å². The Morgan fingerprint density at radius 1 is 1.03 bits per heavy atom. The number of aromatic nitrogens is 5. The standard InChI is InChI=1S/C23H19F6N5O3/c24-15-1-6-18(19(25)9-15)22(36,10-32-8-7-30-13-32)11-34-21(35)33(14-31-34)16-2-4-17(5-3-16)37-12-23(28,29)20(26)27/h1-9,13-14,20,36H,10-12H2/t22-/m0/s1. The summed E-state index contributed by atoms with van der Waals surface area (Å²) in [4.78, 5) is 16.9. The molecule has 0 saturated heterocycles. The van der Waals surface area contributed by atoms with Crippen molar-refractivity contribution in [3.63, 3.8) is 0 Å². The van der Waals surface area contributed by atoms with Crippen molar-refractivity contribution in [2.24, 2.45) is 0 Å². The molecular formula is C23H19F6N5O3. The number of benzene rings is 2. The maximum absolute atomic E-state index is 14.6. The van der Waals surface area contributed by atoms with Crippen LogP contribution < -0.4 is 10.4 Å². The minimum Gasteiger partial charge on any atom is -0.487 e. The number of rotatable bonds is 10. The van der Waals surface area contributed by atoms with Crippen LogP contribution in [0.3, 0.4) is 0 Å². The molecule has 2 aromatic carbocycles. The molecule has 37 heavy (non-hydrogen) atoms. The first kappa shape index (κ1) is 26.0. The van der Waals surface area contributed by atoms with Crippen LogP contribution in [0.4, 0.5) is 26.3 Å². The Morgan fingerprint density at radius 3 is 2.38 bits per heavy atom. The van der Waals surface area contributed by atoms with E-state index >= 15 is 0 Å². The average Bonchev–Trinajstić information content (AvgIpc) is 3.47. The largest absolute Gasteiger partial charge is 0.487 e. The molecule has 0 unspecified atom stereocenters. The van der Waals surface area contributed by atoms with Gasteiger partial charge in [0.2, 0.25) is 0 Å². The van der Waals surface area contributed by atoms with Gasteiger partial charge >= 0.3 is 18.0 Å². The summed E-state index contributed by atoms with van der Waals surface area (Å²) in [5.41, 5.74) is -2.85. The molecule has 4 rings (SSSR count). The third kappa shape index (κ3) is 5.69. The van der Waals surface area contributed by atoms with Crippen molar-refractivity contribution in [3.05, 3.63) is 95.2 Å². The van der Waals surface area contributed by atoms with Crippen molar-refractivity contribution in [2.45, 2.75) is 31.0 Å². The van der Waals surface area contributed by atoms with Gasteiger partial charge in [-0.05, 0) is 30.3 Å². The molecule has 14 heteroatoms. The highest BCUT2D eigenvalue weighted by molar-refractivity contribution is 5.37. The molecule has 0 aliphatic heterocycles. The SMILES string of the molecule is O=c1n(-c2ccc(OCC(F)(F)C(F)F)cc2)cnn1C[C@@](O)(Cn1ccnc1)c1ccc(F)cc1F. The smallest absolute Gasteiger partial charge is 0.350 e. The van der Waals surface area contributed by atoms with Gasteiger partial charge < -0.3 is 14.4 Å². The van der Waals surface area contributed by atoms with Crippen LogP contribution in [0, 0.1) is 11.6 Å². The van der Waals surface area contributed by atoms with Crippen LogP contribution in [0.15, 0.2) is 72.3 Å². The summed E-state index contributed by atoms with van der Waals surface area (Å²) in [6.45, 7) is -2.30. The highest BCUT2D eigenvalue weighted by Crippen LogP contribution is 2.28. The van der Waals surface area contributed by atoms with Crippen LogP contribution in [0.25, 0.3) is 5.69 Å². The lowest BCUT2D eigenvalue weighted by atomic mass is 9.92. The van der Waals surface area contributed by atoms with Crippen molar-refractivity contribution < 1.29 is 36.2 Å². The van der Waals surface area contributed by atoms with Crippen molar-refractivity contribution in [2.75, 3.05) is 6.61 Å². The van der Waals surface area contributed by atoms with Crippen LogP contribution >= 0.6 is 0 Å². The number of hydrogen-bond acceptors (Lipinski definition) is 5. The first-order valence-corrected chi connectivity index (χ1v) is 10.7. The molecule has 0 amide bonds. The van der Waals surface area contributed by atoms with Crippen molar-refractivity contribution in [3.8, 4) is 11.4 Å². The predicted molar refractivity (Wildman–Crippen MR) is 117 cm³/mol. The fourth-order valence-corrected chi connectivity index (χ4v) is 3.59. The zero-order valence-electron chi connectivity index (χ0n) is 18.8. The van der Waals surface area contributed by atoms with Crippen molar-refractivity contribution >= 4 is 0 Å². The molecule has 0 fully saturated rings. The van der Waals surface area contributed by atoms with Gasteiger partial charge in [0.25, 0.3) is 0 Å². The number of alkyl halides is 4. The number of nitrogens with zero attached hydrogens (tertiary/aromatic N) is 5. The summed E-state index contributed by atoms with van der Waals surface area (Å²) in [7, 11) is 0. The fraction of sp³-hybridized carbons (Fsp3) is 0.261. The van der Waals surface area contributed by atoms with Gasteiger partial charge in [-0.15, -0.1) is 0 Å². The third-order valence-electron chi connectivity index (χ3n) is 5.45. The summed E-state index contributed by atoms with van der Waals surface area (Å²) in [6.07, 6.45) is 1.54. The van der Waals surface area contributed by atoms with E-state index in [1.807, 2.05) is 0 Å². The van der Waals surface area contributed by atoms with Crippen LogP contribution in [-0.2, 0) is 18.7 Å². The molecule has 8 nitrogen and oxygen atoms in total. The Kier molecular flexibility index (Phi) is 7.12. The minimum absolute atomic E-state index is 0.133. The van der Waals surface area contributed by atoms with Gasteiger partial charge in [0.15, 0.2) is 6.61 Å². The highest BCUT2D eigenvalue weighted by atomic mass is 19.3. The quantitative estimate of drug-likeness (QED) is 0.320. The molecule has 0 saturated carbocycles. The van der Waals surface area contributed by atoms with E-state index in [1.165, 1.54) is 47.6 Å². The molecule has 0 bridgehead atoms. The predicted octanol–water partition coefficient (Wildman–Crippen LogP) is 3.38. The maximum Gasteiger partial charge on any atom is 0.350 e. The van der Waals surface area contributed by atoms with Crippen LogP contribution in [0.5, 0.6) is 5.75 Å². The summed E-state index contributed by atoms with van der Waals surface area (Å²) < 4.78 is 86.8. The Hall–Kier alpha value is -4.07. The minimum atomic E-state index is -4.33. The summed E-state index contributed by atoms with van der Waals surface area (Å²) >= 11 is 0. The number of imidazole rings is 1. The molecule has 196 valence electrons. The van der Waals surface area contributed by atoms with E-state index in [-0.39, 0.29) is 23.5 Å². The number of halogens is 6. The molecule has 2 heterocycles. The normalized spacial score (nSPS) is 13.6. The molecule has 2 aromatic heterocycles. The molecule has 1 N–H and O–H groups in total. The molecular weight excluding hydrogens is 508 g/mol. The van der Waals surface area contributed by atoms with Gasteiger partial charge in [0, 0.05) is 24.0 Å². The van der Waals surface area contributed by atoms with Gasteiger partial charge in [-0.2, -0.15) is 13.9 Å². The second-order valence-corrected chi connectivity index (χ2v) is 8.18. The van der Waals surface area contributed by atoms with Crippen LogP contribution in [0.1, 0.15) is 5.56 Å². The first-order valence-electron chi connectivity index (χ1n) is 10.7. The van der Waals surface area contributed by atoms with Crippen molar-refractivity contribution in [1.29, 1.82) is 0 Å². The lowest BCUT2D eigenvalue weighted by Crippen LogP contribution is -2.40. The molecule has 0 spiro atoms. The molecule has 0 aliphatic carbocycles. The van der Waals surface area contributed by atoms with Gasteiger partial charge in [-0.3, -0.25) is 0 Å². The second-order valence-electron chi connectivity index (χ2n) is 8.18. The molecule has 0 aliphatic rings. The highest BCUT2D eigenvalue weighted by Gasteiger charge is 2.41. The van der Waals surface area contributed by atoms with E-state index in [9.17, 15) is 36.2 Å². The average molecular weight is 527 g/mol. The van der Waals surface area contributed by atoms with Gasteiger partial charge in [-0.25, -0.2) is 36.6 Å². The van der Waals surface area contributed by atoms with E-state index in [2.05, 4.69) is 10.1 Å². The van der Waals surface area contributed by atoms with Gasteiger partial charge in [-0.1, -0.05) is 6.07 Å². The fourth-order valence-electron chi connectivity index (χ4n) is 3.59. The van der Waals surface area contributed by atoms with E-state index in [0.717, 1.165) is 27.7 Å². The van der Waals surface area contributed by atoms with E-state index in [0.29, 0.717) is 6.07 Å². The Bertz CT molecular complexity index is 1410. The lowest BCUT2D eigenvalue weighted by Gasteiger charge is -2.29. The Balaban J connectivity index is 1.58. The third-order valence-corrected chi connectivity index (χ3v) is 5.45. The molecule has 0 radical (unpaired) electrons. The monoisotopic (exact) mass is 527 g/mol. The summed E-state index contributed by atoms with van der Waals surface area (Å²) in [5.74, 6) is -6.33. The lowest BCUT2D eigenvalue weighted by molar-refractivity contribution is -0.148.